The van der Waals surface area contributed by atoms with Crippen LogP contribution in [0.1, 0.15) is 59.9 Å². The third kappa shape index (κ3) is 5.16. The van der Waals surface area contributed by atoms with Crippen molar-refractivity contribution in [3.8, 4) is 0 Å². The topological polar surface area (TPSA) is 79.2 Å². The Morgan fingerprint density at radius 1 is 1.19 bits per heavy atom. The summed E-state index contributed by atoms with van der Waals surface area (Å²) in [5.74, 6) is 0.911. The van der Waals surface area contributed by atoms with Crippen LogP contribution in [0.15, 0.2) is 24.4 Å². The minimum Gasteiger partial charge on any atom is -0.343 e. The highest BCUT2D eigenvalue weighted by Crippen LogP contribution is 2.35. The first-order valence-corrected chi connectivity index (χ1v) is 12.3. The molecular formula is C25H30F3N7O. The van der Waals surface area contributed by atoms with Crippen LogP contribution in [0.4, 0.5) is 24.9 Å². The van der Waals surface area contributed by atoms with Gasteiger partial charge < -0.3 is 14.8 Å². The molecular weight excluding hydrogens is 471 g/mol. The molecule has 1 fully saturated rings. The predicted molar refractivity (Wildman–Crippen MR) is 130 cm³/mol. The van der Waals surface area contributed by atoms with E-state index in [1.54, 1.807) is 31.3 Å². The number of anilines is 2. The summed E-state index contributed by atoms with van der Waals surface area (Å²) in [4.78, 5) is 30.2. The third-order valence-corrected chi connectivity index (χ3v) is 6.97. The molecule has 1 aliphatic carbocycles. The molecule has 1 N–H and O–H groups in total. The van der Waals surface area contributed by atoms with Gasteiger partial charge >= 0.3 is 6.18 Å². The number of halogens is 3. The average Bonchev–Trinajstić information content (AvgIpc) is 3.49. The van der Waals surface area contributed by atoms with Gasteiger partial charge in [-0.2, -0.15) is 18.2 Å². The van der Waals surface area contributed by atoms with E-state index >= 15 is 0 Å². The third-order valence-electron chi connectivity index (χ3n) is 6.97. The minimum atomic E-state index is -4.15. The van der Waals surface area contributed by atoms with Crippen LogP contribution in [-0.4, -0.2) is 68.6 Å². The molecule has 8 nitrogen and oxygen atoms in total. The molecule has 0 radical (unpaired) electrons. The van der Waals surface area contributed by atoms with Crippen LogP contribution in [0.25, 0.3) is 11.0 Å². The SMILES string of the molecule is CN(C)C(=O)c1cc2cnc(Nc3ccc4c(n3)CCN(CCC(F)(F)F)C4)nc2n1C1CCCC1. The second-order valence-corrected chi connectivity index (χ2v) is 9.83. The number of nitrogens with zero attached hydrogens (tertiary/aromatic N) is 6. The van der Waals surface area contributed by atoms with Crippen LogP contribution in [0.5, 0.6) is 0 Å². The number of rotatable bonds is 6. The van der Waals surface area contributed by atoms with Gasteiger partial charge in [-0.3, -0.25) is 9.69 Å². The lowest BCUT2D eigenvalue weighted by Gasteiger charge is -2.28. The van der Waals surface area contributed by atoms with Crippen molar-refractivity contribution in [2.45, 2.75) is 57.3 Å². The van der Waals surface area contributed by atoms with E-state index in [4.69, 9.17) is 4.98 Å². The smallest absolute Gasteiger partial charge is 0.343 e. The fourth-order valence-electron chi connectivity index (χ4n) is 5.13. The van der Waals surface area contributed by atoms with Gasteiger partial charge in [-0.05, 0) is 30.5 Å². The van der Waals surface area contributed by atoms with E-state index in [2.05, 4.69) is 19.9 Å². The standard InChI is InChI=1S/C25H30F3N7O/c1-33(2)23(36)20-13-17-14-29-24(32-22(17)35(20)18-5-3-4-6-18)31-21-8-7-16-15-34(11-9-19(16)30-21)12-10-25(26,27)28/h7-8,13-14,18H,3-6,9-12,15H2,1-2H3,(H,29,30,31,32). The summed E-state index contributed by atoms with van der Waals surface area (Å²) in [6.07, 6.45) is 1.63. The van der Waals surface area contributed by atoms with E-state index in [-0.39, 0.29) is 18.5 Å². The van der Waals surface area contributed by atoms with E-state index in [0.717, 1.165) is 48.0 Å². The first kappa shape index (κ1) is 24.5. The molecule has 0 aromatic carbocycles. The molecule has 2 aliphatic rings. The molecule has 0 bridgehead atoms. The van der Waals surface area contributed by atoms with E-state index in [1.807, 2.05) is 17.0 Å². The quantitative estimate of drug-likeness (QED) is 0.528. The molecule has 192 valence electrons. The summed E-state index contributed by atoms with van der Waals surface area (Å²) in [6.45, 7) is 0.994. The normalized spacial score (nSPS) is 16.9. The number of alkyl halides is 3. The van der Waals surface area contributed by atoms with E-state index in [9.17, 15) is 18.0 Å². The number of hydrogen-bond acceptors (Lipinski definition) is 6. The van der Waals surface area contributed by atoms with Crippen LogP contribution in [0, 0.1) is 0 Å². The van der Waals surface area contributed by atoms with Gasteiger partial charge in [-0.15, -0.1) is 0 Å². The largest absolute Gasteiger partial charge is 0.390 e. The van der Waals surface area contributed by atoms with Crippen LogP contribution < -0.4 is 5.32 Å². The van der Waals surface area contributed by atoms with Gasteiger partial charge in [0.15, 0.2) is 0 Å². The summed E-state index contributed by atoms with van der Waals surface area (Å²) in [7, 11) is 3.49. The Labute approximate surface area is 207 Å². The molecule has 0 unspecified atom stereocenters. The maximum Gasteiger partial charge on any atom is 0.390 e. The number of hydrogen-bond donors (Lipinski definition) is 1. The fraction of sp³-hybridized carbons (Fsp3) is 0.520. The van der Waals surface area contributed by atoms with Gasteiger partial charge in [0.05, 0.1) is 6.42 Å². The van der Waals surface area contributed by atoms with Gasteiger partial charge in [0.25, 0.3) is 5.91 Å². The van der Waals surface area contributed by atoms with Crippen LogP contribution in [0.2, 0.25) is 0 Å². The number of pyridine rings is 1. The monoisotopic (exact) mass is 501 g/mol. The second-order valence-electron chi connectivity index (χ2n) is 9.83. The van der Waals surface area contributed by atoms with Crippen molar-refractivity contribution in [1.82, 2.24) is 29.3 Å². The lowest BCUT2D eigenvalue weighted by molar-refractivity contribution is -0.138. The molecule has 36 heavy (non-hydrogen) atoms. The number of aromatic nitrogens is 4. The van der Waals surface area contributed by atoms with Crippen molar-refractivity contribution in [3.05, 3.63) is 41.3 Å². The predicted octanol–water partition coefficient (Wildman–Crippen LogP) is 4.70. The molecule has 0 saturated heterocycles. The van der Waals surface area contributed by atoms with Crippen molar-refractivity contribution in [3.63, 3.8) is 0 Å². The van der Waals surface area contributed by atoms with Crippen molar-refractivity contribution in [1.29, 1.82) is 0 Å². The molecule has 1 saturated carbocycles. The molecule has 11 heteroatoms. The Balaban J connectivity index is 1.37. The summed E-state index contributed by atoms with van der Waals surface area (Å²) in [5.41, 5.74) is 3.16. The summed E-state index contributed by atoms with van der Waals surface area (Å²) < 4.78 is 39.8. The van der Waals surface area contributed by atoms with E-state index < -0.39 is 12.6 Å². The Morgan fingerprint density at radius 3 is 2.69 bits per heavy atom. The van der Waals surface area contributed by atoms with Crippen molar-refractivity contribution < 1.29 is 18.0 Å². The highest BCUT2D eigenvalue weighted by atomic mass is 19.4. The molecule has 3 aromatic heterocycles. The van der Waals surface area contributed by atoms with Crippen molar-refractivity contribution in [2.24, 2.45) is 0 Å². The zero-order valence-corrected chi connectivity index (χ0v) is 20.5. The number of fused-ring (bicyclic) bond motifs is 2. The van der Waals surface area contributed by atoms with Crippen LogP contribution >= 0.6 is 0 Å². The number of nitrogens with one attached hydrogen (secondary N) is 1. The highest BCUT2D eigenvalue weighted by Gasteiger charge is 2.29. The summed E-state index contributed by atoms with van der Waals surface area (Å²) >= 11 is 0. The Kier molecular flexibility index (Phi) is 6.59. The Hall–Kier alpha value is -3.21. The molecule has 1 aliphatic heterocycles. The van der Waals surface area contributed by atoms with E-state index in [0.29, 0.717) is 37.0 Å². The van der Waals surface area contributed by atoms with Gasteiger partial charge in [-0.1, -0.05) is 18.9 Å². The Morgan fingerprint density at radius 2 is 1.97 bits per heavy atom. The van der Waals surface area contributed by atoms with Gasteiger partial charge in [0.1, 0.15) is 17.2 Å². The molecule has 4 heterocycles. The van der Waals surface area contributed by atoms with E-state index in [1.165, 1.54) is 0 Å². The number of carbonyl (C=O) groups is 1. The van der Waals surface area contributed by atoms with Crippen LogP contribution in [-0.2, 0) is 13.0 Å². The first-order chi connectivity index (χ1) is 17.2. The highest BCUT2D eigenvalue weighted by molar-refractivity contribution is 5.97. The summed E-state index contributed by atoms with van der Waals surface area (Å²) in [5, 5.41) is 3.99. The molecule has 1 amide bonds. The zero-order chi connectivity index (χ0) is 25.4. The fourth-order valence-corrected chi connectivity index (χ4v) is 5.13. The molecule has 5 rings (SSSR count). The van der Waals surface area contributed by atoms with Gasteiger partial charge in [-0.25, -0.2) is 9.97 Å². The lowest BCUT2D eigenvalue weighted by atomic mass is 10.1. The second kappa shape index (κ2) is 9.68. The minimum absolute atomic E-state index is 0.00422. The Bertz CT molecular complexity index is 1260. The number of amides is 1. The van der Waals surface area contributed by atoms with Crippen LogP contribution in [0.3, 0.4) is 0 Å². The molecule has 0 spiro atoms. The summed E-state index contributed by atoms with van der Waals surface area (Å²) in [6, 6.07) is 5.79. The van der Waals surface area contributed by atoms with Crippen molar-refractivity contribution in [2.75, 3.05) is 32.5 Å². The van der Waals surface area contributed by atoms with Gasteiger partial charge in [0, 0.05) is 63.5 Å². The van der Waals surface area contributed by atoms with Crippen molar-refractivity contribution >= 4 is 28.7 Å². The van der Waals surface area contributed by atoms with Gasteiger partial charge in [0.2, 0.25) is 5.95 Å². The maximum absolute atomic E-state index is 12.9. The zero-order valence-electron chi connectivity index (χ0n) is 20.5. The molecule has 0 atom stereocenters. The molecule has 3 aromatic rings. The number of carbonyl (C=O) groups excluding carboxylic acids is 1. The maximum atomic E-state index is 12.9. The lowest BCUT2D eigenvalue weighted by Crippen LogP contribution is -2.33. The average molecular weight is 502 g/mol. The first-order valence-electron chi connectivity index (χ1n) is 12.3.